The lowest BCUT2D eigenvalue weighted by Gasteiger charge is -2.14. The first kappa shape index (κ1) is 17.7. The van der Waals surface area contributed by atoms with Crippen LogP contribution in [-0.2, 0) is 14.4 Å². The zero-order valence-electron chi connectivity index (χ0n) is 9.07. The molecule has 0 heterocycles. The lowest BCUT2D eigenvalue weighted by atomic mass is 10.4. The fraction of sp³-hybridized carbons (Fsp3) is 0.625. The molecule has 6 N–H and O–H groups in total. The van der Waals surface area contributed by atoms with Crippen LogP contribution in [-0.4, -0.2) is 76.0 Å². The summed E-state index contributed by atoms with van der Waals surface area (Å²) in [6, 6.07) is 0. The van der Waals surface area contributed by atoms with Gasteiger partial charge in [0, 0.05) is 6.54 Å². The number of aliphatic carboxylic acids is 3. The van der Waals surface area contributed by atoms with Gasteiger partial charge in [-0.25, -0.2) is 0 Å². The highest BCUT2D eigenvalue weighted by Crippen LogP contribution is 1.87. The molecule has 0 amide bonds. The van der Waals surface area contributed by atoms with Crippen LogP contribution in [0.15, 0.2) is 0 Å². The van der Waals surface area contributed by atoms with Crippen molar-refractivity contribution in [3.8, 4) is 0 Å². The largest absolute Gasteiger partial charge is 0.480 e. The van der Waals surface area contributed by atoms with Crippen molar-refractivity contribution in [2.45, 2.75) is 0 Å². The summed E-state index contributed by atoms with van der Waals surface area (Å²) in [6.45, 7) is -1.32. The van der Waals surface area contributed by atoms with Crippen LogP contribution >= 0.6 is 0 Å². The molecule has 0 aliphatic heterocycles. The number of rotatable bonds is 7. The Labute approximate surface area is 97.1 Å². The zero-order chi connectivity index (χ0) is 13.8. The summed E-state index contributed by atoms with van der Waals surface area (Å²) in [5.41, 5.74) is 4.78. The summed E-state index contributed by atoms with van der Waals surface area (Å²) in [6.07, 6.45) is 0. The van der Waals surface area contributed by atoms with Crippen molar-refractivity contribution in [3.05, 3.63) is 0 Å². The third kappa shape index (κ3) is 16.9. The van der Waals surface area contributed by atoms with Gasteiger partial charge in [-0.05, 0) is 0 Å². The van der Waals surface area contributed by atoms with E-state index in [2.05, 4.69) is 0 Å². The molecule has 0 aliphatic carbocycles. The van der Waals surface area contributed by atoms with Crippen molar-refractivity contribution >= 4 is 17.9 Å². The Morgan fingerprint density at radius 2 is 1.12 bits per heavy atom. The second kappa shape index (κ2) is 10.8. The van der Waals surface area contributed by atoms with E-state index < -0.39 is 37.5 Å². The van der Waals surface area contributed by atoms with Crippen molar-refractivity contribution in [1.29, 1.82) is 0 Å². The summed E-state index contributed by atoms with van der Waals surface area (Å²) in [7, 11) is 0. The summed E-state index contributed by atoms with van der Waals surface area (Å²) in [4.78, 5) is 31.2. The van der Waals surface area contributed by atoms with Gasteiger partial charge in [0.05, 0.1) is 26.2 Å². The van der Waals surface area contributed by atoms with Crippen molar-refractivity contribution in [2.75, 3.05) is 32.8 Å². The van der Waals surface area contributed by atoms with E-state index >= 15 is 0 Å². The minimum absolute atomic E-state index is 0.0972. The molecule has 0 bridgehead atoms. The lowest BCUT2D eigenvalue weighted by Crippen LogP contribution is -2.38. The fourth-order valence-corrected chi connectivity index (χ4v) is 0.742. The number of aliphatic hydroxyl groups excluding tert-OH is 1. The van der Waals surface area contributed by atoms with Gasteiger partial charge in [0.15, 0.2) is 0 Å². The molecule has 100 valence electrons. The van der Waals surface area contributed by atoms with Crippen molar-refractivity contribution in [1.82, 2.24) is 4.90 Å². The average molecular weight is 252 g/mol. The highest BCUT2D eigenvalue weighted by Gasteiger charge is 2.15. The molecule has 0 fully saturated rings. The molecular weight excluding hydrogens is 236 g/mol. The quantitative estimate of drug-likeness (QED) is 0.329. The predicted molar refractivity (Wildman–Crippen MR) is 55.5 cm³/mol. The van der Waals surface area contributed by atoms with Crippen molar-refractivity contribution in [3.63, 3.8) is 0 Å². The molecule has 17 heavy (non-hydrogen) atoms. The predicted octanol–water partition coefficient (Wildman–Crippen LogP) is -2.52. The van der Waals surface area contributed by atoms with E-state index in [0.717, 1.165) is 4.90 Å². The maximum absolute atomic E-state index is 10.1. The molecule has 0 unspecified atom stereocenters. The van der Waals surface area contributed by atoms with Gasteiger partial charge in [0.25, 0.3) is 0 Å². The average Bonchev–Trinajstić information content (AvgIpc) is 2.14. The van der Waals surface area contributed by atoms with Crippen LogP contribution in [0, 0.1) is 0 Å². The van der Waals surface area contributed by atoms with Crippen LogP contribution in [0.5, 0.6) is 0 Å². The van der Waals surface area contributed by atoms with Crippen LogP contribution in [0.4, 0.5) is 0 Å². The standard InChI is InChI=1S/C6H9NO6.C2H7NO/c8-4(9)1-7(2-5(10)11)3-6(12)13;3-1-2-4/h1-3H2,(H,8,9)(H,10,11)(H,12,13);4H,1-3H2. The highest BCUT2D eigenvalue weighted by atomic mass is 16.4. The van der Waals surface area contributed by atoms with E-state index in [1.165, 1.54) is 0 Å². The Morgan fingerprint density at radius 3 is 1.24 bits per heavy atom. The smallest absolute Gasteiger partial charge is 0.317 e. The maximum Gasteiger partial charge on any atom is 0.317 e. The second-order valence-electron chi connectivity index (χ2n) is 2.84. The first-order valence-electron chi connectivity index (χ1n) is 4.52. The van der Waals surface area contributed by atoms with Crippen LogP contribution in [0.3, 0.4) is 0 Å². The van der Waals surface area contributed by atoms with Crippen LogP contribution < -0.4 is 5.73 Å². The van der Waals surface area contributed by atoms with E-state index in [-0.39, 0.29) is 6.61 Å². The number of nitrogens with zero attached hydrogens (tertiary/aromatic N) is 1. The Hall–Kier alpha value is -1.71. The van der Waals surface area contributed by atoms with Crippen LogP contribution in [0.1, 0.15) is 0 Å². The highest BCUT2D eigenvalue weighted by molar-refractivity contribution is 5.75. The monoisotopic (exact) mass is 252 g/mol. The maximum atomic E-state index is 10.1. The number of carbonyl (C=O) groups is 3. The number of hydrogen-bond donors (Lipinski definition) is 5. The van der Waals surface area contributed by atoms with Crippen LogP contribution in [0.2, 0.25) is 0 Å². The number of aliphatic hydroxyl groups is 1. The van der Waals surface area contributed by atoms with E-state index in [1.54, 1.807) is 0 Å². The van der Waals surface area contributed by atoms with Gasteiger partial charge in [-0.2, -0.15) is 0 Å². The first-order chi connectivity index (χ1) is 7.83. The molecule has 9 nitrogen and oxygen atoms in total. The molecule has 0 atom stereocenters. The van der Waals surface area contributed by atoms with Crippen molar-refractivity contribution in [2.24, 2.45) is 5.73 Å². The molecular formula is C8H16N2O7. The fourth-order valence-electron chi connectivity index (χ4n) is 0.742. The van der Waals surface area contributed by atoms with E-state index in [9.17, 15) is 14.4 Å². The van der Waals surface area contributed by atoms with Crippen LogP contribution in [0.25, 0.3) is 0 Å². The first-order valence-corrected chi connectivity index (χ1v) is 4.52. The third-order valence-electron chi connectivity index (χ3n) is 1.21. The number of carboxylic acid groups (broad SMARTS) is 3. The Balaban J connectivity index is 0. The Bertz CT molecular complexity index is 216. The number of nitrogens with two attached hydrogens (primary N) is 1. The molecule has 9 heteroatoms. The van der Waals surface area contributed by atoms with Gasteiger partial charge in [0.1, 0.15) is 0 Å². The van der Waals surface area contributed by atoms with Gasteiger partial charge < -0.3 is 26.2 Å². The molecule has 0 aromatic rings. The van der Waals surface area contributed by atoms with Crippen molar-refractivity contribution < 1.29 is 34.8 Å². The number of carboxylic acids is 3. The molecule has 0 saturated heterocycles. The summed E-state index contributed by atoms with van der Waals surface area (Å²) in [5.74, 6) is -3.78. The zero-order valence-corrected chi connectivity index (χ0v) is 9.07. The van der Waals surface area contributed by atoms with Gasteiger partial charge in [0.2, 0.25) is 0 Å². The number of hydrogen-bond acceptors (Lipinski definition) is 6. The van der Waals surface area contributed by atoms with E-state index in [1.807, 2.05) is 0 Å². The SMILES string of the molecule is NCCO.O=C(O)CN(CC(=O)O)CC(=O)O. The Kier molecular flexibility index (Phi) is 11.2. The minimum Gasteiger partial charge on any atom is -0.480 e. The molecule has 0 rings (SSSR count). The molecule has 0 spiro atoms. The Morgan fingerprint density at radius 1 is 0.882 bits per heavy atom. The van der Waals surface area contributed by atoms with Gasteiger partial charge in [-0.3, -0.25) is 19.3 Å². The lowest BCUT2D eigenvalue weighted by molar-refractivity contribution is -0.144. The topological polar surface area (TPSA) is 161 Å². The van der Waals surface area contributed by atoms with Gasteiger partial charge in [-0.1, -0.05) is 0 Å². The van der Waals surface area contributed by atoms with Gasteiger partial charge >= 0.3 is 17.9 Å². The van der Waals surface area contributed by atoms with Gasteiger partial charge in [-0.15, -0.1) is 0 Å². The minimum atomic E-state index is -1.26. The summed E-state index contributed by atoms with van der Waals surface area (Å²) < 4.78 is 0. The normalized spacial score (nSPS) is 9.35. The second-order valence-corrected chi connectivity index (χ2v) is 2.84. The van der Waals surface area contributed by atoms with E-state index in [4.69, 9.17) is 26.2 Å². The molecule has 0 radical (unpaired) electrons. The molecule has 0 aromatic heterocycles. The van der Waals surface area contributed by atoms with E-state index in [0.29, 0.717) is 6.54 Å². The third-order valence-corrected chi connectivity index (χ3v) is 1.21. The molecule has 0 saturated carbocycles. The summed E-state index contributed by atoms with van der Waals surface area (Å²) in [5, 5.41) is 32.6. The molecule has 0 aromatic carbocycles. The summed E-state index contributed by atoms with van der Waals surface area (Å²) >= 11 is 0. The molecule has 0 aliphatic rings.